The SMILES string of the molecule is O=C(CSc1nncn1-c1cccc(Cl)c1)O[C@H]1C(=O)Nc2ccccc21. The molecule has 4 rings (SSSR count). The van der Waals surface area contributed by atoms with E-state index in [9.17, 15) is 9.59 Å². The van der Waals surface area contributed by atoms with Crippen molar-refractivity contribution in [3.8, 4) is 5.69 Å². The first-order valence-electron chi connectivity index (χ1n) is 8.00. The smallest absolute Gasteiger partial charge is 0.317 e. The van der Waals surface area contributed by atoms with Gasteiger partial charge in [0.2, 0.25) is 6.10 Å². The quantitative estimate of drug-likeness (QED) is 0.522. The van der Waals surface area contributed by atoms with Crippen molar-refractivity contribution in [3.63, 3.8) is 0 Å². The number of halogens is 1. The van der Waals surface area contributed by atoms with Gasteiger partial charge in [-0.15, -0.1) is 10.2 Å². The Hall–Kier alpha value is -2.84. The van der Waals surface area contributed by atoms with Crippen molar-refractivity contribution >= 4 is 40.9 Å². The number of carbonyl (C=O) groups excluding carboxylic acids is 2. The van der Waals surface area contributed by atoms with Crippen molar-refractivity contribution < 1.29 is 14.3 Å². The molecule has 9 heteroatoms. The Labute approximate surface area is 163 Å². The lowest BCUT2D eigenvalue weighted by molar-refractivity contribution is -0.151. The Balaban J connectivity index is 1.42. The molecule has 0 radical (unpaired) electrons. The first kappa shape index (κ1) is 17.6. The lowest BCUT2D eigenvalue weighted by Crippen LogP contribution is -2.20. The van der Waals surface area contributed by atoms with E-state index in [2.05, 4.69) is 15.5 Å². The van der Waals surface area contributed by atoms with Crippen LogP contribution in [-0.4, -0.2) is 32.4 Å². The third-order valence-electron chi connectivity index (χ3n) is 3.91. The van der Waals surface area contributed by atoms with Crippen molar-refractivity contribution in [1.82, 2.24) is 14.8 Å². The first-order chi connectivity index (χ1) is 13.1. The molecule has 0 saturated heterocycles. The molecule has 0 spiro atoms. The van der Waals surface area contributed by atoms with Crippen molar-refractivity contribution in [1.29, 1.82) is 0 Å². The lowest BCUT2D eigenvalue weighted by Gasteiger charge is -2.11. The Morgan fingerprint density at radius 1 is 1.26 bits per heavy atom. The first-order valence-corrected chi connectivity index (χ1v) is 9.36. The fourth-order valence-electron chi connectivity index (χ4n) is 2.71. The van der Waals surface area contributed by atoms with Gasteiger partial charge in [-0.05, 0) is 24.3 Å². The number of carbonyl (C=O) groups is 2. The van der Waals surface area contributed by atoms with Gasteiger partial charge < -0.3 is 10.1 Å². The molecule has 136 valence electrons. The molecule has 27 heavy (non-hydrogen) atoms. The number of fused-ring (bicyclic) bond motifs is 1. The van der Waals surface area contributed by atoms with E-state index < -0.39 is 12.1 Å². The number of nitrogens with zero attached hydrogens (tertiary/aromatic N) is 3. The van der Waals surface area contributed by atoms with Gasteiger partial charge in [0, 0.05) is 16.3 Å². The van der Waals surface area contributed by atoms with Crippen LogP contribution in [0.2, 0.25) is 5.02 Å². The standard InChI is InChI=1S/C18H13ClN4O3S/c19-11-4-3-5-12(8-11)23-10-20-22-18(23)27-9-15(24)26-16-13-6-1-2-7-14(13)21-17(16)25/h1-8,10,16H,9H2,(H,21,25)/t16-/m1/s1. The molecule has 0 bridgehead atoms. The zero-order chi connectivity index (χ0) is 18.8. The fraction of sp³-hybridized carbons (Fsp3) is 0.111. The van der Waals surface area contributed by atoms with Crippen molar-refractivity contribution in [2.45, 2.75) is 11.3 Å². The maximum atomic E-state index is 12.2. The van der Waals surface area contributed by atoms with Gasteiger partial charge in [0.15, 0.2) is 5.16 Å². The number of thioether (sulfide) groups is 1. The number of aromatic nitrogens is 3. The highest BCUT2D eigenvalue weighted by atomic mass is 35.5. The summed E-state index contributed by atoms with van der Waals surface area (Å²) in [7, 11) is 0. The molecule has 0 aliphatic carbocycles. The van der Waals surface area contributed by atoms with E-state index >= 15 is 0 Å². The van der Waals surface area contributed by atoms with Crippen molar-refractivity contribution in [2.24, 2.45) is 0 Å². The molecule has 1 amide bonds. The van der Waals surface area contributed by atoms with E-state index in [-0.39, 0.29) is 11.7 Å². The Bertz CT molecular complexity index is 1020. The van der Waals surface area contributed by atoms with E-state index in [1.54, 1.807) is 41.2 Å². The second kappa shape index (κ2) is 7.42. The minimum atomic E-state index is -0.930. The van der Waals surface area contributed by atoms with Crippen LogP contribution in [0.4, 0.5) is 5.69 Å². The van der Waals surface area contributed by atoms with Crippen LogP contribution in [0.25, 0.3) is 5.69 Å². The molecule has 0 saturated carbocycles. The van der Waals surface area contributed by atoms with Crippen LogP contribution in [0.15, 0.2) is 60.0 Å². The fourth-order valence-corrected chi connectivity index (χ4v) is 3.61. The van der Waals surface area contributed by atoms with Crippen LogP contribution in [0, 0.1) is 0 Å². The summed E-state index contributed by atoms with van der Waals surface area (Å²) in [6.07, 6.45) is 0.611. The van der Waals surface area contributed by atoms with Crippen LogP contribution in [0.1, 0.15) is 11.7 Å². The average Bonchev–Trinajstić information content (AvgIpc) is 3.25. The highest BCUT2D eigenvalue weighted by Crippen LogP contribution is 2.33. The summed E-state index contributed by atoms with van der Waals surface area (Å²) in [5.41, 5.74) is 2.10. The largest absolute Gasteiger partial charge is 0.447 e. The summed E-state index contributed by atoms with van der Waals surface area (Å²) in [6.45, 7) is 0. The molecule has 0 unspecified atom stereocenters. The summed E-state index contributed by atoms with van der Waals surface area (Å²) in [6, 6.07) is 14.3. The summed E-state index contributed by atoms with van der Waals surface area (Å²) in [5.74, 6) is -0.875. The number of benzene rings is 2. The van der Waals surface area contributed by atoms with Gasteiger partial charge >= 0.3 is 5.97 Å². The second-order valence-electron chi connectivity index (χ2n) is 5.70. The number of anilines is 1. The van der Waals surface area contributed by atoms with Crippen molar-refractivity contribution in [3.05, 3.63) is 65.4 Å². The van der Waals surface area contributed by atoms with Crippen LogP contribution in [0.3, 0.4) is 0 Å². The molecule has 1 atom stereocenters. The number of hydrogen-bond acceptors (Lipinski definition) is 6. The third kappa shape index (κ3) is 3.67. The van der Waals surface area contributed by atoms with Crippen molar-refractivity contribution in [2.75, 3.05) is 11.1 Å². The van der Waals surface area contributed by atoms with Crippen LogP contribution in [-0.2, 0) is 14.3 Å². The van der Waals surface area contributed by atoms with E-state index in [0.717, 1.165) is 5.69 Å². The maximum absolute atomic E-state index is 12.2. The molecule has 0 fully saturated rings. The van der Waals surface area contributed by atoms with Gasteiger partial charge in [-0.25, -0.2) is 0 Å². The number of rotatable bonds is 5. The molecule has 3 aromatic rings. The molecule has 7 nitrogen and oxygen atoms in total. The molecule has 1 N–H and O–H groups in total. The summed E-state index contributed by atoms with van der Waals surface area (Å²) in [4.78, 5) is 24.3. The number of esters is 1. The number of ether oxygens (including phenoxy) is 1. The Morgan fingerprint density at radius 2 is 2.11 bits per heavy atom. The Kier molecular flexibility index (Phi) is 4.83. The third-order valence-corrected chi connectivity index (χ3v) is 5.06. The normalized spacial score (nSPS) is 15.3. The number of para-hydroxylation sites is 1. The molecular weight excluding hydrogens is 388 g/mol. The minimum absolute atomic E-state index is 0.00872. The van der Waals surface area contributed by atoms with Gasteiger partial charge in [-0.1, -0.05) is 47.6 Å². The summed E-state index contributed by atoms with van der Waals surface area (Å²) in [5, 5.41) is 11.7. The average molecular weight is 401 g/mol. The van der Waals surface area contributed by atoms with Gasteiger partial charge in [0.05, 0.1) is 11.4 Å². The van der Waals surface area contributed by atoms with Gasteiger partial charge in [-0.3, -0.25) is 14.2 Å². The monoisotopic (exact) mass is 400 g/mol. The number of nitrogens with one attached hydrogen (secondary N) is 1. The summed E-state index contributed by atoms with van der Waals surface area (Å²) >= 11 is 7.19. The Morgan fingerprint density at radius 3 is 2.96 bits per heavy atom. The van der Waals surface area contributed by atoms with E-state index in [4.69, 9.17) is 16.3 Å². The van der Waals surface area contributed by atoms with Gasteiger partial charge in [-0.2, -0.15) is 0 Å². The molecule has 1 aliphatic heterocycles. The minimum Gasteiger partial charge on any atom is -0.447 e. The molecule has 1 aromatic heterocycles. The second-order valence-corrected chi connectivity index (χ2v) is 7.08. The highest BCUT2D eigenvalue weighted by molar-refractivity contribution is 7.99. The lowest BCUT2D eigenvalue weighted by atomic mass is 10.1. The highest BCUT2D eigenvalue weighted by Gasteiger charge is 2.33. The molecule has 2 heterocycles. The maximum Gasteiger partial charge on any atom is 0.317 e. The topological polar surface area (TPSA) is 86.1 Å². The molecule has 1 aliphatic rings. The van der Waals surface area contributed by atoms with Crippen LogP contribution in [0.5, 0.6) is 0 Å². The van der Waals surface area contributed by atoms with Gasteiger partial charge in [0.1, 0.15) is 6.33 Å². The van der Waals surface area contributed by atoms with E-state index in [0.29, 0.717) is 21.4 Å². The van der Waals surface area contributed by atoms with E-state index in [1.807, 2.05) is 18.2 Å². The number of amides is 1. The zero-order valence-electron chi connectivity index (χ0n) is 13.8. The van der Waals surface area contributed by atoms with Gasteiger partial charge in [0.25, 0.3) is 5.91 Å². The zero-order valence-corrected chi connectivity index (χ0v) is 15.4. The predicted molar refractivity (Wildman–Crippen MR) is 101 cm³/mol. The molecular formula is C18H13ClN4O3S. The van der Waals surface area contributed by atoms with Crippen LogP contribution >= 0.6 is 23.4 Å². The van der Waals surface area contributed by atoms with Crippen LogP contribution < -0.4 is 5.32 Å². The van der Waals surface area contributed by atoms with E-state index in [1.165, 1.54) is 11.8 Å². The predicted octanol–water partition coefficient (Wildman–Crippen LogP) is 3.25. The summed E-state index contributed by atoms with van der Waals surface area (Å²) < 4.78 is 7.09. The number of hydrogen-bond donors (Lipinski definition) is 1. The molecule has 2 aromatic carbocycles.